The molecule has 6 nitrogen and oxygen atoms in total. The highest BCUT2D eigenvalue weighted by Crippen LogP contribution is 2.23. The molecule has 0 saturated carbocycles. The van der Waals surface area contributed by atoms with Crippen molar-refractivity contribution in [1.29, 1.82) is 0 Å². The van der Waals surface area contributed by atoms with E-state index in [1.165, 1.54) is 0 Å². The third-order valence-corrected chi connectivity index (χ3v) is 5.06. The molecule has 31 heavy (non-hydrogen) atoms. The molecule has 0 atom stereocenters. The molecular weight excluding hydrogens is 388 g/mol. The van der Waals surface area contributed by atoms with Crippen molar-refractivity contribution >= 4 is 17.7 Å². The second-order valence-electron chi connectivity index (χ2n) is 7.08. The number of rotatable bonds is 7. The molecule has 0 spiro atoms. The van der Waals surface area contributed by atoms with Gasteiger partial charge < -0.3 is 15.5 Å². The van der Waals surface area contributed by atoms with Crippen LogP contribution in [0.5, 0.6) is 0 Å². The fraction of sp³-hybridized carbons (Fsp3) is 0.200. The molecule has 3 rings (SSSR count). The molecule has 0 radical (unpaired) electrons. The van der Waals surface area contributed by atoms with E-state index in [1.54, 1.807) is 23.9 Å². The molecule has 0 aliphatic heterocycles. The van der Waals surface area contributed by atoms with Crippen molar-refractivity contribution in [3.8, 4) is 11.1 Å². The van der Waals surface area contributed by atoms with Crippen LogP contribution in [0, 0.1) is 0 Å². The number of anilines is 1. The highest BCUT2D eigenvalue weighted by atomic mass is 16.2. The van der Waals surface area contributed by atoms with E-state index in [9.17, 15) is 9.59 Å². The van der Waals surface area contributed by atoms with Gasteiger partial charge in [0.25, 0.3) is 0 Å². The molecule has 4 amide bonds. The highest BCUT2D eigenvalue weighted by molar-refractivity contribution is 5.92. The SMILES string of the molecule is CNC(=O)N(CCN(C(=O)NC)c1ccc(-c2ccccc2)cc1)Cc1ccccc1. The normalized spacial score (nSPS) is 10.3. The lowest BCUT2D eigenvalue weighted by Crippen LogP contribution is -2.46. The Morgan fingerprint density at radius 2 is 1.23 bits per heavy atom. The molecule has 0 aliphatic carbocycles. The minimum absolute atomic E-state index is 0.180. The van der Waals surface area contributed by atoms with Crippen LogP contribution in [-0.2, 0) is 6.54 Å². The highest BCUT2D eigenvalue weighted by Gasteiger charge is 2.19. The fourth-order valence-electron chi connectivity index (χ4n) is 3.38. The molecule has 0 heterocycles. The van der Waals surface area contributed by atoms with E-state index in [-0.39, 0.29) is 12.1 Å². The Balaban J connectivity index is 1.75. The van der Waals surface area contributed by atoms with Crippen LogP contribution in [0.15, 0.2) is 84.9 Å². The largest absolute Gasteiger partial charge is 0.341 e. The molecular formula is C25H28N4O2. The smallest absolute Gasteiger partial charge is 0.321 e. The number of hydrogen-bond donors (Lipinski definition) is 2. The second kappa shape index (κ2) is 10.8. The Morgan fingerprint density at radius 1 is 0.677 bits per heavy atom. The molecule has 0 fully saturated rings. The summed E-state index contributed by atoms with van der Waals surface area (Å²) in [7, 11) is 3.22. The van der Waals surface area contributed by atoms with Gasteiger partial charge in [0.1, 0.15) is 0 Å². The summed E-state index contributed by atoms with van der Waals surface area (Å²) in [6.07, 6.45) is 0. The summed E-state index contributed by atoms with van der Waals surface area (Å²) in [5, 5.41) is 5.38. The van der Waals surface area contributed by atoms with Gasteiger partial charge in [0.15, 0.2) is 0 Å². The predicted octanol–water partition coefficient (Wildman–Crippen LogP) is 4.34. The van der Waals surface area contributed by atoms with Crippen LogP contribution in [0.3, 0.4) is 0 Å². The zero-order valence-electron chi connectivity index (χ0n) is 17.9. The van der Waals surface area contributed by atoms with E-state index in [2.05, 4.69) is 22.8 Å². The molecule has 0 bridgehead atoms. The first-order valence-electron chi connectivity index (χ1n) is 10.3. The molecule has 0 aromatic heterocycles. The van der Waals surface area contributed by atoms with Gasteiger partial charge in [0, 0.05) is 39.4 Å². The lowest BCUT2D eigenvalue weighted by atomic mass is 10.1. The number of carbonyl (C=O) groups excluding carboxylic acids is 2. The van der Waals surface area contributed by atoms with Crippen LogP contribution >= 0.6 is 0 Å². The van der Waals surface area contributed by atoms with E-state index < -0.39 is 0 Å². The van der Waals surface area contributed by atoms with Crippen molar-refractivity contribution in [3.05, 3.63) is 90.5 Å². The van der Waals surface area contributed by atoms with E-state index in [1.807, 2.05) is 72.8 Å². The first-order valence-corrected chi connectivity index (χ1v) is 10.3. The van der Waals surface area contributed by atoms with Crippen molar-refractivity contribution in [1.82, 2.24) is 15.5 Å². The quantitative estimate of drug-likeness (QED) is 0.602. The van der Waals surface area contributed by atoms with Crippen molar-refractivity contribution in [3.63, 3.8) is 0 Å². The van der Waals surface area contributed by atoms with Crippen molar-refractivity contribution < 1.29 is 9.59 Å². The molecule has 160 valence electrons. The Kier molecular flexibility index (Phi) is 7.65. The predicted molar refractivity (Wildman–Crippen MR) is 125 cm³/mol. The zero-order chi connectivity index (χ0) is 22.1. The summed E-state index contributed by atoms with van der Waals surface area (Å²) in [4.78, 5) is 28.3. The summed E-state index contributed by atoms with van der Waals surface area (Å²) in [5.74, 6) is 0. The van der Waals surface area contributed by atoms with Gasteiger partial charge in [-0.05, 0) is 28.8 Å². The summed E-state index contributed by atoms with van der Waals surface area (Å²) in [6, 6.07) is 27.4. The van der Waals surface area contributed by atoms with E-state index in [0.29, 0.717) is 19.6 Å². The molecule has 3 aromatic carbocycles. The minimum Gasteiger partial charge on any atom is -0.341 e. The van der Waals surface area contributed by atoms with Gasteiger partial charge in [-0.1, -0.05) is 72.8 Å². The summed E-state index contributed by atoms with van der Waals surface area (Å²) in [5.41, 5.74) is 4.01. The third kappa shape index (κ3) is 5.85. The number of amides is 4. The molecule has 0 unspecified atom stereocenters. The number of carbonyl (C=O) groups is 2. The average Bonchev–Trinajstić information content (AvgIpc) is 2.84. The van der Waals surface area contributed by atoms with Gasteiger partial charge in [0.2, 0.25) is 0 Å². The van der Waals surface area contributed by atoms with Crippen molar-refractivity contribution in [2.24, 2.45) is 0 Å². The zero-order valence-corrected chi connectivity index (χ0v) is 17.9. The van der Waals surface area contributed by atoms with Crippen LogP contribution in [0.2, 0.25) is 0 Å². The lowest BCUT2D eigenvalue weighted by Gasteiger charge is -2.28. The Labute approximate surface area is 183 Å². The van der Waals surface area contributed by atoms with Crippen LogP contribution in [0.25, 0.3) is 11.1 Å². The van der Waals surface area contributed by atoms with Crippen LogP contribution in [-0.4, -0.2) is 44.1 Å². The standard InChI is InChI=1S/C25H28N4O2/c1-26-24(30)28(19-20-9-5-3-6-10-20)17-18-29(25(31)27-2)23-15-13-22(14-16-23)21-11-7-4-8-12-21/h3-16H,17-19H2,1-2H3,(H,26,30)(H,27,31). The maximum Gasteiger partial charge on any atom is 0.321 e. The van der Waals surface area contributed by atoms with Gasteiger partial charge in [-0.3, -0.25) is 4.90 Å². The Hall–Kier alpha value is -3.80. The van der Waals surface area contributed by atoms with Gasteiger partial charge in [-0.2, -0.15) is 0 Å². The van der Waals surface area contributed by atoms with Crippen LogP contribution in [0.1, 0.15) is 5.56 Å². The van der Waals surface area contributed by atoms with Gasteiger partial charge in [0.05, 0.1) is 0 Å². The third-order valence-electron chi connectivity index (χ3n) is 5.06. The Bertz CT molecular complexity index is 975. The van der Waals surface area contributed by atoms with Gasteiger partial charge in [-0.15, -0.1) is 0 Å². The molecule has 0 aliphatic rings. The van der Waals surface area contributed by atoms with Gasteiger partial charge in [-0.25, -0.2) is 9.59 Å². The van der Waals surface area contributed by atoms with Crippen molar-refractivity contribution in [2.75, 3.05) is 32.1 Å². The molecule has 0 saturated heterocycles. The summed E-state index contributed by atoms with van der Waals surface area (Å²) < 4.78 is 0. The molecule has 3 aromatic rings. The number of urea groups is 2. The molecule has 2 N–H and O–H groups in total. The first kappa shape index (κ1) is 21.9. The van der Waals surface area contributed by atoms with E-state index >= 15 is 0 Å². The Morgan fingerprint density at radius 3 is 1.81 bits per heavy atom. The number of hydrogen-bond acceptors (Lipinski definition) is 2. The lowest BCUT2D eigenvalue weighted by molar-refractivity contribution is 0.198. The fourth-order valence-corrected chi connectivity index (χ4v) is 3.38. The van der Waals surface area contributed by atoms with Crippen LogP contribution < -0.4 is 15.5 Å². The number of nitrogens with zero attached hydrogens (tertiary/aromatic N) is 2. The first-order chi connectivity index (χ1) is 15.1. The number of nitrogens with one attached hydrogen (secondary N) is 2. The van der Waals surface area contributed by atoms with Crippen molar-refractivity contribution in [2.45, 2.75) is 6.54 Å². The topological polar surface area (TPSA) is 64.7 Å². The number of benzene rings is 3. The average molecular weight is 417 g/mol. The summed E-state index contributed by atoms with van der Waals surface area (Å²) >= 11 is 0. The second-order valence-corrected chi connectivity index (χ2v) is 7.08. The van der Waals surface area contributed by atoms with Gasteiger partial charge >= 0.3 is 12.1 Å². The van der Waals surface area contributed by atoms with E-state index in [0.717, 1.165) is 22.4 Å². The molecule has 6 heteroatoms. The maximum atomic E-state index is 12.6. The van der Waals surface area contributed by atoms with Crippen LogP contribution in [0.4, 0.5) is 15.3 Å². The monoisotopic (exact) mass is 416 g/mol. The maximum absolute atomic E-state index is 12.6. The van der Waals surface area contributed by atoms with E-state index in [4.69, 9.17) is 0 Å². The summed E-state index contributed by atoms with van der Waals surface area (Å²) in [6.45, 7) is 1.22. The minimum atomic E-state index is -0.218.